The fraction of sp³-hybridized carbons (Fsp3) is 0.400. The van der Waals surface area contributed by atoms with Crippen LogP contribution in [0.4, 0.5) is 0 Å². The first-order valence-corrected chi connectivity index (χ1v) is 6.87. The number of nitrogens with zero attached hydrogens (tertiary/aromatic N) is 2. The zero-order chi connectivity index (χ0) is 13.1. The molecule has 0 spiro atoms. The number of piperidine rings is 1. The Balaban J connectivity index is 1.81. The van der Waals surface area contributed by atoms with Crippen LogP contribution < -0.4 is 5.73 Å². The van der Waals surface area contributed by atoms with E-state index in [2.05, 4.69) is 45.4 Å². The molecule has 1 aliphatic heterocycles. The molecule has 19 heavy (non-hydrogen) atoms. The normalized spacial score (nSPS) is 24.5. The number of benzene rings is 1. The standard InChI is InChI=1S/C15H20N4/c16-14-7-4-8-19(11-12-5-2-1-3-6-12)15(14)13-9-17-18-10-13/h1-3,5-6,9-10,14-15H,4,7-8,11,16H2,(H,17,18). The third kappa shape index (κ3) is 2.69. The highest BCUT2D eigenvalue weighted by atomic mass is 15.2. The fourth-order valence-corrected chi connectivity index (χ4v) is 2.97. The number of hydrogen-bond acceptors (Lipinski definition) is 3. The Morgan fingerprint density at radius 3 is 2.89 bits per heavy atom. The molecule has 1 aromatic carbocycles. The molecule has 0 saturated carbocycles. The molecule has 4 heteroatoms. The molecule has 3 N–H and O–H groups in total. The highest BCUT2D eigenvalue weighted by Crippen LogP contribution is 2.30. The quantitative estimate of drug-likeness (QED) is 0.884. The van der Waals surface area contributed by atoms with E-state index in [9.17, 15) is 0 Å². The number of likely N-dealkylation sites (tertiary alicyclic amines) is 1. The third-order valence-electron chi connectivity index (χ3n) is 3.87. The van der Waals surface area contributed by atoms with Crippen molar-refractivity contribution in [3.8, 4) is 0 Å². The average molecular weight is 256 g/mol. The van der Waals surface area contributed by atoms with Crippen molar-refractivity contribution in [2.75, 3.05) is 6.54 Å². The molecule has 0 radical (unpaired) electrons. The lowest BCUT2D eigenvalue weighted by Crippen LogP contribution is -2.45. The molecule has 2 heterocycles. The largest absolute Gasteiger partial charge is 0.326 e. The highest BCUT2D eigenvalue weighted by Gasteiger charge is 2.30. The van der Waals surface area contributed by atoms with Crippen LogP contribution in [0.25, 0.3) is 0 Å². The first kappa shape index (κ1) is 12.4. The van der Waals surface area contributed by atoms with Crippen LogP contribution in [0.1, 0.15) is 30.0 Å². The van der Waals surface area contributed by atoms with Gasteiger partial charge in [-0.1, -0.05) is 30.3 Å². The van der Waals surface area contributed by atoms with Crippen molar-refractivity contribution < 1.29 is 0 Å². The van der Waals surface area contributed by atoms with E-state index in [0.717, 1.165) is 19.5 Å². The zero-order valence-corrected chi connectivity index (χ0v) is 11.0. The first-order valence-electron chi connectivity index (χ1n) is 6.87. The van der Waals surface area contributed by atoms with E-state index in [1.165, 1.54) is 17.5 Å². The lowest BCUT2D eigenvalue weighted by molar-refractivity contribution is 0.120. The summed E-state index contributed by atoms with van der Waals surface area (Å²) in [5.74, 6) is 0. The van der Waals surface area contributed by atoms with Crippen molar-refractivity contribution in [1.82, 2.24) is 15.1 Å². The monoisotopic (exact) mass is 256 g/mol. The number of aromatic amines is 1. The number of rotatable bonds is 3. The van der Waals surface area contributed by atoms with Crippen molar-refractivity contribution >= 4 is 0 Å². The molecule has 1 saturated heterocycles. The number of nitrogens with one attached hydrogen (secondary N) is 1. The minimum Gasteiger partial charge on any atom is -0.326 e. The SMILES string of the molecule is NC1CCCN(Cc2ccccc2)C1c1cn[nH]c1. The maximum absolute atomic E-state index is 6.33. The van der Waals surface area contributed by atoms with Gasteiger partial charge in [-0.2, -0.15) is 5.10 Å². The van der Waals surface area contributed by atoms with Gasteiger partial charge in [-0.3, -0.25) is 10.00 Å². The second-order valence-electron chi connectivity index (χ2n) is 5.24. The summed E-state index contributed by atoms with van der Waals surface area (Å²) in [5.41, 5.74) is 8.87. The van der Waals surface area contributed by atoms with Gasteiger partial charge < -0.3 is 5.73 Å². The van der Waals surface area contributed by atoms with Crippen molar-refractivity contribution in [3.63, 3.8) is 0 Å². The van der Waals surface area contributed by atoms with E-state index in [1.54, 1.807) is 0 Å². The van der Waals surface area contributed by atoms with Crippen LogP contribution in [-0.4, -0.2) is 27.7 Å². The van der Waals surface area contributed by atoms with Gasteiger partial charge in [-0.25, -0.2) is 0 Å². The minimum absolute atomic E-state index is 0.190. The molecule has 1 aromatic heterocycles. The van der Waals surface area contributed by atoms with E-state index in [0.29, 0.717) is 0 Å². The predicted octanol–water partition coefficient (Wildman–Crippen LogP) is 2.07. The molecule has 2 atom stereocenters. The highest BCUT2D eigenvalue weighted by molar-refractivity contribution is 5.18. The van der Waals surface area contributed by atoms with Gasteiger partial charge in [0.1, 0.15) is 0 Å². The van der Waals surface area contributed by atoms with Crippen LogP contribution in [0.5, 0.6) is 0 Å². The Morgan fingerprint density at radius 2 is 2.16 bits per heavy atom. The minimum atomic E-state index is 0.190. The summed E-state index contributed by atoms with van der Waals surface area (Å²) >= 11 is 0. The van der Waals surface area contributed by atoms with E-state index < -0.39 is 0 Å². The first-order chi connectivity index (χ1) is 9.34. The third-order valence-corrected chi connectivity index (χ3v) is 3.87. The van der Waals surface area contributed by atoms with Crippen LogP contribution in [-0.2, 0) is 6.54 Å². The van der Waals surface area contributed by atoms with Gasteiger partial charge in [0.2, 0.25) is 0 Å². The maximum atomic E-state index is 6.33. The van der Waals surface area contributed by atoms with Gasteiger partial charge in [-0.05, 0) is 24.9 Å². The second kappa shape index (κ2) is 5.55. The molecule has 2 aromatic rings. The van der Waals surface area contributed by atoms with Crippen LogP contribution >= 0.6 is 0 Å². The second-order valence-corrected chi connectivity index (χ2v) is 5.24. The number of aromatic nitrogens is 2. The van der Waals surface area contributed by atoms with Crippen LogP contribution in [0.15, 0.2) is 42.7 Å². The molecule has 0 amide bonds. The molecule has 4 nitrogen and oxygen atoms in total. The summed E-state index contributed by atoms with van der Waals surface area (Å²) in [6.07, 6.45) is 6.12. The maximum Gasteiger partial charge on any atom is 0.0535 e. The Morgan fingerprint density at radius 1 is 1.32 bits per heavy atom. The van der Waals surface area contributed by atoms with Crippen LogP contribution in [0, 0.1) is 0 Å². The van der Waals surface area contributed by atoms with Gasteiger partial charge in [0.15, 0.2) is 0 Å². The molecule has 2 unspecified atom stereocenters. The fourth-order valence-electron chi connectivity index (χ4n) is 2.97. The molecule has 0 aliphatic carbocycles. The lowest BCUT2D eigenvalue weighted by Gasteiger charge is -2.39. The lowest BCUT2D eigenvalue weighted by atomic mass is 9.92. The smallest absolute Gasteiger partial charge is 0.0535 e. The zero-order valence-electron chi connectivity index (χ0n) is 11.0. The van der Waals surface area contributed by atoms with Gasteiger partial charge in [0, 0.05) is 24.3 Å². The van der Waals surface area contributed by atoms with E-state index in [4.69, 9.17) is 5.73 Å². The van der Waals surface area contributed by atoms with Crippen molar-refractivity contribution in [2.45, 2.75) is 31.5 Å². The molecule has 1 fully saturated rings. The Bertz CT molecular complexity index is 494. The summed E-state index contributed by atoms with van der Waals surface area (Å²) in [4.78, 5) is 2.47. The average Bonchev–Trinajstić information content (AvgIpc) is 2.94. The predicted molar refractivity (Wildman–Crippen MR) is 75.4 cm³/mol. The van der Waals surface area contributed by atoms with Crippen LogP contribution in [0.3, 0.4) is 0 Å². The van der Waals surface area contributed by atoms with Crippen molar-refractivity contribution in [2.24, 2.45) is 5.73 Å². The van der Waals surface area contributed by atoms with Crippen LogP contribution in [0.2, 0.25) is 0 Å². The molecule has 0 bridgehead atoms. The van der Waals surface area contributed by atoms with Gasteiger partial charge in [0.25, 0.3) is 0 Å². The number of H-pyrrole nitrogens is 1. The van der Waals surface area contributed by atoms with Crippen molar-refractivity contribution in [3.05, 3.63) is 53.9 Å². The Hall–Kier alpha value is -1.65. The molecular weight excluding hydrogens is 236 g/mol. The summed E-state index contributed by atoms with van der Waals surface area (Å²) in [6.45, 7) is 2.04. The van der Waals surface area contributed by atoms with Gasteiger partial charge >= 0.3 is 0 Å². The Labute approximate surface area is 113 Å². The number of hydrogen-bond donors (Lipinski definition) is 2. The molecule has 1 aliphatic rings. The van der Waals surface area contributed by atoms with Gasteiger partial charge in [-0.15, -0.1) is 0 Å². The summed E-state index contributed by atoms with van der Waals surface area (Å²) in [6, 6.07) is 11.0. The Kier molecular flexibility index (Phi) is 3.62. The summed E-state index contributed by atoms with van der Waals surface area (Å²) in [7, 11) is 0. The van der Waals surface area contributed by atoms with Gasteiger partial charge in [0.05, 0.1) is 12.2 Å². The molecule has 3 rings (SSSR count). The topological polar surface area (TPSA) is 57.9 Å². The molecular formula is C15H20N4. The summed E-state index contributed by atoms with van der Waals surface area (Å²) in [5, 5.41) is 6.97. The van der Waals surface area contributed by atoms with E-state index in [-0.39, 0.29) is 12.1 Å². The van der Waals surface area contributed by atoms with Crippen molar-refractivity contribution in [1.29, 1.82) is 0 Å². The number of nitrogens with two attached hydrogens (primary N) is 1. The molecule has 100 valence electrons. The van der Waals surface area contributed by atoms with E-state index in [1.807, 2.05) is 12.4 Å². The van der Waals surface area contributed by atoms with E-state index >= 15 is 0 Å². The summed E-state index contributed by atoms with van der Waals surface area (Å²) < 4.78 is 0.